The Morgan fingerprint density at radius 2 is 1.90 bits per heavy atom. The number of nitrogens with one attached hydrogen (secondary N) is 2. The highest BCUT2D eigenvalue weighted by Crippen LogP contribution is 2.08. The summed E-state index contributed by atoms with van der Waals surface area (Å²) in [6.45, 7) is 9.92. The summed E-state index contributed by atoms with van der Waals surface area (Å²) < 4.78 is 13.1. The number of nitrogens with zero attached hydrogens (tertiary/aromatic N) is 3. The van der Waals surface area contributed by atoms with Gasteiger partial charge >= 0.3 is 0 Å². The summed E-state index contributed by atoms with van der Waals surface area (Å²) in [5.41, 5.74) is 2.42. The van der Waals surface area contributed by atoms with Gasteiger partial charge in [-0.1, -0.05) is 37.6 Å². The number of rotatable bonds is 14. The maximum absolute atomic E-state index is 5.59. The maximum Gasteiger partial charge on any atom is 0.191 e. The van der Waals surface area contributed by atoms with Crippen LogP contribution in [0.4, 0.5) is 0 Å². The number of hydrogen-bond donors (Lipinski definition) is 2. The second-order valence-electron chi connectivity index (χ2n) is 6.76. The van der Waals surface area contributed by atoms with E-state index in [1.54, 1.807) is 6.20 Å². The van der Waals surface area contributed by atoms with Gasteiger partial charge in [0.15, 0.2) is 5.96 Å². The Morgan fingerprint density at radius 3 is 2.66 bits per heavy atom. The smallest absolute Gasteiger partial charge is 0.191 e. The molecule has 1 aromatic carbocycles. The molecule has 0 aliphatic heterocycles. The fraction of sp³-hybridized carbons (Fsp3) is 0.545. The number of benzene rings is 1. The fourth-order valence-corrected chi connectivity index (χ4v) is 2.74. The number of ether oxygens (including phenoxy) is 2. The molecule has 160 valence electrons. The Bertz CT molecular complexity index is 688. The molecule has 1 aromatic heterocycles. The zero-order valence-electron chi connectivity index (χ0n) is 17.8. The minimum Gasteiger partial charge on any atom is -0.379 e. The second-order valence-corrected chi connectivity index (χ2v) is 6.76. The molecule has 0 aliphatic rings. The third-order valence-corrected chi connectivity index (χ3v) is 4.23. The molecule has 0 fully saturated rings. The van der Waals surface area contributed by atoms with E-state index in [-0.39, 0.29) is 0 Å². The van der Waals surface area contributed by atoms with Gasteiger partial charge in [-0.3, -0.25) is 0 Å². The molecule has 7 nitrogen and oxygen atoms in total. The first kappa shape index (κ1) is 22.9. The number of aromatic nitrogens is 2. The van der Waals surface area contributed by atoms with Gasteiger partial charge in [0.2, 0.25) is 0 Å². The van der Waals surface area contributed by atoms with Gasteiger partial charge in [-0.15, -0.1) is 0 Å². The molecule has 2 rings (SSSR count). The number of hydrogen-bond acceptors (Lipinski definition) is 4. The van der Waals surface area contributed by atoms with Gasteiger partial charge in [0.05, 0.1) is 32.7 Å². The molecule has 0 saturated heterocycles. The molecular formula is C22H35N5O2. The van der Waals surface area contributed by atoms with Crippen molar-refractivity contribution in [3.05, 3.63) is 54.1 Å². The lowest BCUT2D eigenvalue weighted by Crippen LogP contribution is -2.39. The number of aliphatic imine (C=N–C) groups is 1. The highest BCUT2D eigenvalue weighted by atomic mass is 16.5. The summed E-state index contributed by atoms with van der Waals surface area (Å²) in [5, 5.41) is 6.59. The Labute approximate surface area is 174 Å². The topological polar surface area (TPSA) is 72.7 Å². The average Bonchev–Trinajstić information content (AvgIpc) is 3.24. The van der Waals surface area contributed by atoms with Gasteiger partial charge in [-0.25, -0.2) is 9.98 Å². The van der Waals surface area contributed by atoms with E-state index < -0.39 is 0 Å². The van der Waals surface area contributed by atoms with Crippen LogP contribution in [0.15, 0.2) is 48.0 Å². The van der Waals surface area contributed by atoms with Crippen LogP contribution in [0.5, 0.6) is 0 Å². The normalized spacial score (nSPS) is 11.6. The van der Waals surface area contributed by atoms with E-state index >= 15 is 0 Å². The molecule has 0 saturated carbocycles. The van der Waals surface area contributed by atoms with E-state index in [2.05, 4.69) is 63.3 Å². The molecule has 0 bridgehead atoms. The Hall–Kier alpha value is -2.38. The van der Waals surface area contributed by atoms with Crippen molar-refractivity contribution >= 4 is 5.96 Å². The molecule has 0 atom stereocenters. The molecule has 2 aromatic rings. The predicted molar refractivity (Wildman–Crippen MR) is 117 cm³/mol. The monoisotopic (exact) mass is 401 g/mol. The van der Waals surface area contributed by atoms with Crippen molar-refractivity contribution in [3.63, 3.8) is 0 Å². The SMILES string of the molecule is CCCCOCCOCCNC(=NCc1cccc(Cn2ccnc2)c1)NCC. The highest BCUT2D eigenvalue weighted by Gasteiger charge is 2.00. The van der Waals surface area contributed by atoms with Crippen LogP contribution < -0.4 is 10.6 Å². The van der Waals surface area contributed by atoms with E-state index in [9.17, 15) is 0 Å². The van der Waals surface area contributed by atoms with Crippen molar-refractivity contribution < 1.29 is 9.47 Å². The number of unbranched alkanes of at least 4 members (excludes halogenated alkanes) is 1. The van der Waals surface area contributed by atoms with Gasteiger partial charge in [-0.2, -0.15) is 0 Å². The lowest BCUT2D eigenvalue weighted by Gasteiger charge is -2.12. The summed E-state index contributed by atoms with van der Waals surface area (Å²) in [7, 11) is 0. The van der Waals surface area contributed by atoms with E-state index in [4.69, 9.17) is 9.47 Å². The third kappa shape index (κ3) is 10.1. The van der Waals surface area contributed by atoms with Crippen LogP contribution in [0.2, 0.25) is 0 Å². The molecule has 1 heterocycles. The van der Waals surface area contributed by atoms with Crippen LogP contribution >= 0.6 is 0 Å². The quantitative estimate of drug-likeness (QED) is 0.289. The first-order chi connectivity index (χ1) is 14.3. The Balaban J connectivity index is 1.71. The van der Waals surface area contributed by atoms with Crippen LogP contribution in [0.3, 0.4) is 0 Å². The van der Waals surface area contributed by atoms with Crippen LogP contribution in [-0.2, 0) is 22.6 Å². The fourth-order valence-electron chi connectivity index (χ4n) is 2.74. The second kappa shape index (κ2) is 14.6. The van der Waals surface area contributed by atoms with Gasteiger partial charge in [0, 0.05) is 38.6 Å². The zero-order valence-corrected chi connectivity index (χ0v) is 17.8. The molecule has 0 unspecified atom stereocenters. The molecular weight excluding hydrogens is 366 g/mol. The lowest BCUT2D eigenvalue weighted by molar-refractivity contribution is 0.0487. The predicted octanol–water partition coefficient (Wildman–Crippen LogP) is 2.82. The number of imidazole rings is 1. The Kier molecular flexibility index (Phi) is 11.5. The molecule has 0 spiro atoms. The Morgan fingerprint density at radius 1 is 1.07 bits per heavy atom. The minimum atomic E-state index is 0.624. The van der Waals surface area contributed by atoms with Crippen LogP contribution in [0.25, 0.3) is 0 Å². The van der Waals surface area contributed by atoms with Crippen molar-refractivity contribution in [2.24, 2.45) is 4.99 Å². The van der Waals surface area contributed by atoms with Crippen molar-refractivity contribution in [1.29, 1.82) is 0 Å². The molecule has 0 aliphatic carbocycles. The van der Waals surface area contributed by atoms with Crippen molar-refractivity contribution in [2.75, 3.05) is 39.5 Å². The average molecular weight is 402 g/mol. The van der Waals surface area contributed by atoms with Crippen molar-refractivity contribution in [3.8, 4) is 0 Å². The zero-order chi connectivity index (χ0) is 20.6. The van der Waals surface area contributed by atoms with Gasteiger partial charge in [-0.05, 0) is 24.5 Å². The summed E-state index contributed by atoms with van der Waals surface area (Å²) >= 11 is 0. The van der Waals surface area contributed by atoms with E-state index in [0.29, 0.717) is 32.9 Å². The third-order valence-electron chi connectivity index (χ3n) is 4.23. The van der Waals surface area contributed by atoms with E-state index in [0.717, 1.165) is 38.5 Å². The van der Waals surface area contributed by atoms with E-state index in [1.165, 1.54) is 11.1 Å². The van der Waals surface area contributed by atoms with Crippen LogP contribution in [0.1, 0.15) is 37.8 Å². The molecule has 7 heteroatoms. The lowest BCUT2D eigenvalue weighted by atomic mass is 10.1. The molecule has 0 radical (unpaired) electrons. The number of guanidine groups is 1. The highest BCUT2D eigenvalue weighted by molar-refractivity contribution is 5.79. The van der Waals surface area contributed by atoms with Gasteiger partial charge < -0.3 is 24.7 Å². The van der Waals surface area contributed by atoms with Gasteiger partial charge in [0.25, 0.3) is 0 Å². The van der Waals surface area contributed by atoms with Crippen molar-refractivity contribution in [2.45, 2.75) is 39.8 Å². The first-order valence-electron chi connectivity index (χ1n) is 10.5. The van der Waals surface area contributed by atoms with Crippen LogP contribution in [-0.4, -0.2) is 55.0 Å². The van der Waals surface area contributed by atoms with Gasteiger partial charge in [0.1, 0.15) is 0 Å². The minimum absolute atomic E-state index is 0.624. The van der Waals surface area contributed by atoms with Crippen molar-refractivity contribution in [1.82, 2.24) is 20.2 Å². The largest absolute Gasteiger partial charge is 0.379 e. The van der Waals surface area contributed by atoms with E-state index in [1.807, 2.05) is 12.5 Å². The summed E-state index contributed by atoms with van der Waals surface area (Å²) in [4.78, 5) is 8.78. The molecule has 29 heavy (non-hydrogen) atoms. The maximum atomic E-state index is 5.59. The molecule has 2 N–H and O–H groups in total. The summed E-state index contributed by atoms with van der Waals surface area (Å²) in [6, 6.07) is 8.49. The molecule has 0 amide bonds. The first-order valence-corrected chi connectivity index (χ1v) is 10.5. The standard InChI is InChI=1S/C22H35N5O2/c1-3-5-12-28-14-15-29-13-10-25-22(24-4-2)26-17-20-7-6-8-21(16-20)18-27-11-9-23-19-27/h6-9,11,16,19H,3-5,10,12-15,17-18H2,1-2H3,(H2,24,25,26). The summed E-state index contributed by atoms with van der Waals surface area (Å²) in [5.74, 6) is 0.801. The van der Waals surface area contributed by atoms with Crippen LogP contribution in [0, 0.1) is 0 Å². The summed E-state index contributed by atoms with van der Waals surface area (Å²) in [6.07, 6.45) is 7.86.